The number of guanidine groups is 1. The van der Waals surface area contributed by atoms with Gasteiger partial charge in [-0.05, 0) is 53.4 Å². The second-order valence-corrected chi connectivity index (χ2v) is 7.18. The van der Waals surface area contributed by atoms with E-state index in [4.69, 9.17) is 14.5 Å². The van der Waals surface area contributed by atoms with Gasteiger partial charge in [-0.15, -0.1) is 0 Å². The van der Waals surface area contributed by atoms with Crippen molar-refractivity contribution in [2.45, 2.75) is 38.5 Å². The molecule has 2 saturated heterocycles. The molecule has 2 heterocycles. The lowest BCUT2D eigenvalue weighted by Crippen LogP contribution is -2.53. The molecule has 0 bridgehead atoms. The van der Waals surface area contributed by atoms with Crippen molar-refractivity contribution in [1.29, 1.82) is 0 Å². The zero-order valence-corrected chi connectivity index (χ0v) is 16.1. The zero-order chi connectivity index (χ0) is 17.6. The molecule has 5 nitrogen and oxygen atoms in total. The molecule has 1 N–H and O–H groups in total. The number of benzene rings is 1. The predicted octanol–water partition coefficient (Wildman–Crippen LogP) is 2.93. The number of morpholine rings is 1. The van der Waals surface area contributed by atoms with Crippen LogP contribution in [0.5, 0.6) is 0 Å². The first-order chi connectivity index (χ1) is 12.2. The molecule has 138 valence electrons. The largest absolute Gasteiger partial charge is 0.375 e. The van der Waals surface area contributed by atoms with Crippen LogP contribution in [0.2, 0.25) is 0 Å². The highest BCUT2D eigenvalue weighted by atomic mass is 79.9. The Labute approximate surface area is 156 Å². The molecular weight excluding hydrogens is 389 g/mol. The Balaban J connectivity index is 1.67. The van der Waals surface area contributed by atoms with Crippen LogP contribution in [0.4, 0.5) is 4.39 Å². The van der Waals surface area contributed by atoms with E-state index in [-0.39, 0.29) is 18.0 Å². The molecule has 0 radical (unpaired) electrons. The average Bonchev–Trinajstić information content (AvgIpc) is 3.16. The molecule has 2 aliphatic heterocycles. The highest BCUT2D eigenvalue weighted by molar-refractivity contribution is 9.10. The van der Waals surface area contributed by atoms with Crippen molar-refractivity contribution in [3.63, 3.8) is 0 Å². The quantitative estimate of drug-likeness (QED) is 0.608. The van der Waals surface area contributed by atoms with Gasteiger partial charge in [-0.25, -0.2) is 9.38 Å². The van der Waals surface area contributed by atoms with Crippen molar-refractivity contribution in [3.05, 3.63) is 34.1 Å². The van der Waals surface area contributed by atoms with Crippen LogP contribution >= 0.6 is 15.9 Å². The Bertz CT molecular complexity index is 608. The van der Waals surface area contributed by atoms with Crippen LogP contribution in [0.1, 0.15) is 25.3 Å². The fraction of sp³-hybridized carbons (Fsp3) is 0.611. The van der Waals surface area contributed by atoms with E-state index in [9.17, 15) is 4.39 Å². The first kappa shape index (κ1) is 18.6. The molecule has 1 aromatic rings. The summed E-state index contributed by atoms with van der Waals surface area (Å²) in [5.74, 6) is 0.583. The van der Waals surface area contributed by atoms with Crippen LogP contribution in [-0.4, -0.2) is 55.9 Å². The number of aliphatic imine (C=N–C) groups is 1. The monoisotopic (exact) mass is 413 g/mol. The van der Waals surface area contributed by atoms with Crippen molar-refractivity contribution < 1.29 is 13.9 Å². The van der Waals surface area contributed by atoms with Gasteiger partial charge in [0.05, 0.1) is 23.7 Å². The number of rotatable bonds is 4. The normalized spacial score (nSPS) is 24.6. The summed E-state index contributed by atoms with van der Waals surface area (Å²) in [6.07, 6.45) is 2.44. The van der Waals surface area contributed by atoms with E-state index < -0.39 is 0 Å². The first-order valence-electron chi connectivity index (χ1n) is 8.87. The van der Waals surface area contributed by atoms with Gasteiger partial charge in [0.1, 0.15) is 11.9 Å². The number of nitrogens with zero attached hydrogens (tertiary/aromatic N) is 2. The molecule has 2 fully saturated rings. The van der Waals surface area contributed by atoms with Crippen molar-refractivity contribution in [1.82, 2.24) is 10.2 Å². The average molecular weight is 414 g/mol. The zero-order valence-electron chi connectivity index (χ0n) is 14.5. The van der Waals surface area contributed by atoms with Gasteiger partial charge < -0.3 is 19.7 Å². The number of halogens is 2. The van der Waals surface area contributed by atoms with E-state index in [0.29, 0.717) is 17.6 Å². The molecule has 2 atom stereocenters. The Morgan fingerprint density at radius 2 is 2.20 bits per heavy atom. The molecule has 7 heteroatoms. The number of ether oxygens (including phenoxy) is 2. The van der Waals surface area contributed by atoms with Crippen LogP contribution in [-0.2, 0) is 16.0 Å². The molecule has 1 aromatic carbocycles. The lowest BCUT2D eigenvalue weighted by Gasteiger charge is -2.37. The topological polar surface area (TPSA) is 46.1 Å². The summed E-state index contributed by atoms with van der Waals surface area (Å²) in [4.78, 5) is 6.91. The summed E-state index contributed by atoms with van der Waals surface area (Å²) >= 11 is 3.18. The maximum atomic E-state index is 13.7. The smallest absolute Gasteiger partial charge is 0.194 e. The highest BCUT2D eigenvalue weighted by Gasteiger charge is 2.32. The Kier molecular flexibility index (Phi) is 6.67. The van der Waals surface area contributed by atoms with Crippen LogP contribution in [0.3, 0.4) is 0 Å². The molecular formula is C18H25BrFN3O2. The molecule has 2 aliphatic rings. The van der Waals surface area contributed by atoms with Gasteiger partial charge in [0, 0.05) is 26.2 Å². The number of nitrogens with one attached hydrogen (secondary N) is 1. The maximum absolute atomic E-state index is 13.7. The fourth-order valence-electron chi connectivity index (χ4n) is 3.22. The number of hydrogen-bond acceptors (Lipinski definition) is 3. The highest BCUT2D eigenvalue weighted by Crippen LogP contribution is 2.21. The Hall–Kier alpha value is -1.18. The van der Waals surface area contributed by atoms with Gasteiger partial charge >= 0.3 is 0 Å². The lowest BCUT2D eigenvalue weighted by molar-refractivity contribution is -0.0817. The molecule has 2 unspecified atom stereocenters. The van der Waals surface area contributed by atoms with E-state index in [1.54, 1.807) is 6.07 Å². The minimum atomic E-state index is -0.262. The summed E-state index contributed by atoms with van der Waals surface area (Å²) in [6.45, 7) is 6.33. The van der Waals surface area contributed by atoms with Crippen LogP contribution in [0, 0.1) is 5.82 Å². The molecule has 0 amide bonds. The lowest BCUT2D eigenvalue weighted by atomic mass is 10.1. The Morgan fingerprint density at radius 3 is 2.92 bits per heavy atom. The third-order valence-corrected chi connectivity index (χ3v) is 5.15. The van der Waals surface area contributed by atoms with Gasteiger partial charge in [-0.1, -0.05) is 6.07 Å². The molecule has 0 spiro atoms. The second kappa shape index (κ2) is 8.96. The standard InChI is InChI=1S/C18H25BrFN3O2/c1-2-21-18(22-11-13-5-6-14(19)15(20)10-13)23-7-9-25-17(12-23)16-4-3-8-24-16/h5-6,10,16-17H,2-4,7-9,11-12H2,1H3,(H,21,22). The minimum absolute atomic E-state index is 0.0882. The van der Waals surface area contributed by atoms with Gasteiger partial charge in [-0.2, -0.15) is 0 Å². The van der Waals surface area contributed by atoms with Crippen LogP contribution in [0.25, 0.3) is 0 Å². The molecule has 25 heavy (non-hydrogen) atoms. The fourth-order valence-corrected chi connectivity index (χ4v) is 3.47. The summed E-state index contributed by atoms with van der Waals surface area (Å²) in [5, 5.41) is 3.34. The SMILES string of the molecule is CCNC(=NCc1ccc(Br)c(F)c1)N1CCOC(C2CCCO2)C1. The molecule has 0 saturated carbocycles. The predicted molar refractivity (Wildman–Crippen MR) is 99.2 cm³/mol. The van der Waals surface area contributed by atoms with Crippen molar-refractivity contribution >= 4 is 21.9 Å². The van der Waals surface area contributed by atoms with Gasteiger partial charge in [0.25, 0.3) is 0 Å². The first-order valence-corrected chi connectivity index (χ1v) is 9.67. The van der Waals surface area contributed by atoms with E-state index in [1.807, 2.05) is 13.0 Å². The van der Waals surface area contributed by atoms with Gasteiger partial charge in [0.2, 0.25) is 0 Å². The third-order valence-electron chi connectivity index (χ3n) is 4.50. The van der Waals surface area contributed by atoms with Crippen LogP contribution < -0.4 is 5.32 Å². The van der Waals surface area contributed by atoms with E-state index in [1.165, 1.54) is 6.07 Å². The van der Waals surface area contributed by atoms with Gasteiger partial charge in [-0.3, -0.25) is 0 Å². The summed E-state index contributed by atoms with van der Waals surface area (Å²) in [7, 11) is 0. The van der Waals surface area contributed by atoms with E-state index >= 15 is 0 Å². The van der Waals surface area contributed by atoms with E-state index in [2.05, 4.69) is 26.1 Å². The molecule has 0 aromatic heterocycles. The van der Waals surface area contributed by atoms with Crippen molar-refractivity contribution in [3.8, 4) is 0 Å². The summed E-state index contributed by atoms with van der Waals surface area (Å²) < 4.78 is 25.8. The number of hydrogen-bond donors (Lipinski definition) is 1. The second-order valence-electron chi connectivity index (χ2n) is 6.33. The third kappa shape index (κ3) is 4.92. The minimum Gasteiger partial charge on any atom is -0.375 e. The molecule has 0 aliphatic carbocycles. The van der Waals surface area contributed by atoms with Crippen molar-refractivity contribution in [2.24, 2.45) is 4.99 Å². The maximum Gasteiger partial charge on any atom is 0.194 e. The van der Waals surface area contributed by atoms with Crippen LogP contribution in [0.15, 0.2) is 27.7 Å². The summed E-state index contributed by atoms with van der Waals surface area (Å²) in [5.41, 5.74) is 0.847. The summed E-state index contributed by atoms with van der Waals surface area (Å²) in [6, 6.07) is 5.12. The van der Waals surface area contributed by atoms with Gasteiger partial charge in [0.15, 0.2) is 5.96 Å². The molecule has 3 rings (SSSR count). The van der Waals surface area contributed by atoms with E-state index in [0.717, 1.165) is 50.6 Å². The van der Waals surface area contributed by atoms with Crippen molar-refractivity contribution in [2.75, 3.05) is 32.8 Å². The Morgan fingerprint density at radius 1 is 1.36 bits per heavy atom.